The van der Waals surface area contributed by atoms with E-state index in [1.165, 1.54) is 10.5 Å². The number of thioether (sulfide) groups is 1. The summed E-state index contributed by atoms with van der Waals surface area (Å²) in [5.74, 6) is 1.10. The van der Waals surface area contributed by atoms with E-state index in [-0.39, 0.29) is 11.8 Å². The van der Waals surface area contributed by atoms with Crippen LogP contribution in [-0.4, -0.2) is 24.0 Å². The molecule has 1 saturated heterocycles. The maximum absolute atomic E-state index is 12.0. The lowest BCUT2D eigenvalue weighted by Crippen LogP contribution is -2.24. The van der Waals surface area contributed by atoms with Gasteiger partial charge in [-0.25, -0.2) is 0 Å². The molecule has 2 N–H and O–H groups in total. The number of hydrogen-bond donors (Lipinski definition) is 2. The van der Waals surface area contributed by atoms with Gasteiger partial charge in [-0.05, 0) is 48.9 Å². The molecular formula is C17H19N3OS. The number of aromatic nitrogens is 1. The predicted molar refractivity (Wildman–Crippen MR) is 89.8 cm³/mol. The first-order valence-electron chi connectivity index (χ1n) is 7.44. The van der Waals surface area contributed by atoms with Gasteiger partial charge in [-0.15, -0.1) is 11.8 Å². The molecule has 0 bridgehead atoms. The average Bonchev–Trinajstić information content (AvgIpc) is 3.10. The van der Waals surface area contributed by atoms with Crippen LogP contribution in [0.25, 0.3) is 0 Å². The summed E-state index contributed by atoms with van der Waals surface area (Å²) >= 11 is 1.76. The van der Waals surface area contributed by atoms with Gasteiger partial charge in [0.15, 0.2) is 0 Å². The standard InChI is InChI=1S/C17H19N3OS/c21-17(14-7-9-19-11-14)20-15-3-5-16(6-4-15)22-12-13-2-1-8-18-10-13/h1-6,8,10,14,19H,7,9,11-12H2,(H,20,21). The number of carbonyl (C=O) groups excluding carboxylic acids is 1. The molecule has 0 saturated carbocycles. The predicted octanol–water partition coefficient (Wildman–Crippen LogP) is 2.92. The highest BCUT2D eigenvalue weighted by Gasteiger charge is 2.22. The highest BCUT2D eigenvalue weighted by molar-refractivity contribution is 7.98. The summed E-state index contributed by atoms with van der Waals surface area (Å²) in [5.41, 5.74) is 2.07. The van der Waals surface area contributed by atoms with Crippen molar-refractivity contribution in [2.45, 2.75) is 17.1 Å². The van der Waals surface area contributed by atoms with Gasteiger partial charge in [0.1, 0.15) is 0 Å². The largest absolute Gasteiger partial charge is 0.326 e. The zero-order valence-electron chi connectivity index (χ0n) is 12.3. The maximum atomic E-state index is 12.0. The first-order chi connectivity index (χ1) is 10.8. The minimum atomic E-state index is 0.0969. The van der Waals surface area contributed by atoms with Gasteiger partial charge in [0, 0.05) is 35.3 Å². The summed E-state index contributed by atoms with van der Waals surface area (Å²) in [4.78, 5) is 17.3. The fourth-order valence-electron chi connectivity index (χ4n) is 2.41. The third kappa shape index (κ3) is 4.08. The van der Waals surface area contributed by atoms with Crippen LogP contribution in [0.15, 0.2) is 53.7 Å². The van der Waals surface area contributed by atoms with Gasteiger partial charge in [0.25, 0.3) is 0 Å². The zero-order chi connectivity index (χ0) is 15.2. The Morgan fingerprint density at radius 3 is 2.86 bits per heavy atom. The van der Waals surface area contributed by atoms with E-state index in [1.807, 2.05) is 36.5 Å². The van der Waals surface area contributed by atoms with Crippen molar-refractivity contribution < 1.29 is 4.79 Å². The Balaban J connectivity index is 1.52. The molecule has 1 aromatic carbocycles. The van der Waals surface area contributed by atoms with Crippen LogP contribution in [0.3, 0.4) is 0 Å². The van der Waals surface area contributed by atoms with Crippen molar-refractivity contribution in [3.8, 4) is 0 Å². The number of rotatable bonds is 5. The molecular weight excluding hydrogens is 294 g/mol. The van der Waals surface area contributed by atoms with E-state index in [0.717, 1.165) is 31.0 Å². The SMILES string of the molecule is O=C(Nc1ccc(SCc2cccnc2)cc1)C1CCNC1. The molecule has 114 valence electrons. The molecule has 1 aliphatic rings. The Morgan fingerprint density at radius 2 is 2.18 bits per heavy atom. The number of benzene rings is 1. The summed E-state index contributed by atoms with van der Waals surface area (Å²) in [6, 6.07) is 12.0. The van der Waals surface area contributed by atoms with Crippen molar-refractivity contribution in [2.75, 3.05) is 18.4 Å². The van der Waals surface area contributed by atoms with E-state index in [2.05, 4.69) is 21.7 Å². The molecule has 0 aliphatic carbocycles. The number of hydrogen-bond acceptors (Lipinski definition) is 4. The van der Waals surface area contributed by atoms with Gasteiger partial charge in [-0.1, -0.05) is 6.07 Å². The molecule has 1 aliphatic heterocycles. The van der Waals surface area contributed by atoms with E-state index in [0.29, 0.717) is 0 Å². The van der Waals surface area contributed by atoms with E-state index >= 15 is 0 Å². The number of nitrogens with one attached hydrogen (secondary N) is 2. The van der Waals surface area contributed by atoms with Crippen LogP contribution in [0.4, 0.5) is 5.69 Å². The first kappa shape index (κ1) is 15.1. The van der Waals surface area contributed by atoms with Crippen molar-refractivity contribution in [3.63, 3.8) is 0 Å². The lowest BCUT2D eigenvalue weighted by atomic mass is 10.1. The third-order valence-electron chi connectivity index (χ3n) is 3.68. The zero-order valence-corrected chi connectivity index (χ0v) is 13.1. The van der Waals surface area contributed by atoms with E-state index < -0.39 is 0 Å². The fraction of sp³-hybridized carbons (Fsp3) is 0.294. The Hall–Kier alpha value is -1.85. The van der Waals surface area contributed by atoms with Crippen LogP contribution >= 0.6 is 11.8 Å². The molecule has 1 atom stereocenters. The molecule has 22 heavy (non-hydrogen) atoms. The van der Waals surface area contributed by atoms with E-state index in [9.17, 15) is 4.79 Å². The Labute approximate surface area is 134 Å². The van der Waals surface area contributed by atoms with Crippen molar-refractivity contribution in [3.05, 3.63) is 54.4 Å². The molecule has 5 heteroatoms. The van der Waals surface area contributed by atoms with Gasteiger partial charge in [-0.2, -0.15) is 0 Å². The number of pyridine rings is 1. The summed E-state index contributed by atoms with van der Waals surface area (Å²) < 4.78 is 0. The number of amides is 1. The van der Waals surface area contributed by atoms with Crippen LogP contribution in [0.5, 0.6) is 0 Å². The minimum absolute atomic E-state index is 0.0969. The van der Waals surface area contributed by atoms with Gasteiger partial charge in [0.2, 0.25) is 5.91 Å². The van der Waals surface area contributed by atoms with Crippen LogP contribution in [0.1, 0.15) is 12.0 Å². The minimum Gasteiger partial charge on any atom is -0.326 e. The molecule has 1 amide bonds. The maximum Gasteiger partial charge on any atom is 0.228 e. The molecule has 4 nitrogen and oxygen atoms in total. The number of carbonyl (C=O) groups is 1. The summed E-state index contributed by atoms with van der Waals surface area (Å²) in [6.45, 7) is 1.72. The van der Waals surface area contributed by atoms with Crippen LogP contribution in [0.2, 0.25) is 0 Å². The second kappa shape index (κ2) is 7.42. The van der Waals surface area contributed by atoms with Crippen LogP contribution < -0.4 is 10.6 Å². The highest BCUT2D eigenvalue weighted by Crippen LogP contribution is 2.24. The van der Waals surface area contributed by atoms with Crippen molar-refractivity contribution in [2.24, 2.45) is 5.92 Å². The number of nitrogens with zero attached hydrogens (tertiary/aromatic N) is 1. The van der Waals surface area contributed by atoms with Crippen molar-refractivity contribution in [1.29, 1.82) is 0 Å². The van der Waals surface area contributed by atoms with E-state index in [4.69, 9.17) is 0 Å². The first-order valence-corrected chi connectivity index (χ1v) is 8.43. The molecule has 0 radical (unpaired) electrons. The molecule has 2 aromatic rings. The highest BCUT2D eigenvalue weighted by atomic mass is 32.2. The van der Waals surface area contributed by atoms with Crippen LogP contribution in [-0.2, 0) is 10.5 Å². The molecule has 0 spiro atoms. The molecule has 1 aromatic heterocycles. The Bertz CT molecular complexity index is 610. The third-order valence-corrected chi connectivity index (χ3v) is 4.76. The Morgan fingerprint density at radius 1 is 1.32 bits per heavy atom. The smallest absolute Gasteiger partial charge is 0.228 e. The van der Waals surface area contributed by atoms with Gasteiger partial charge in [-0.3, -0.25) is 9.78 Å². The van der Waals surface area contributed by atoms with Gasteiger partial charge in [0.05, 0.1) is 5.92 Å². The molecule has 1 fully saturated rings. The molecule has 1 unspecified atom stereocenters. The second-order valence-corrected chi connectivity index (χ2v) is 6.40. The van der Waals surface area contributed by atoms with Crippen molar-refractivity contribution in [1.82, 2.24) is 10.3 Å². The molecule has 3 rings (SSSR count). The summed E-state index contributed by atoms with van der Waals surface area (Å²) in [7, 11) is 0. The van der Waals surface area contributed by atoms with E-state index in [1.54, 1.807) is 18.0 Å². The monoisotopic (exact) mass is 313 g/mol. The van der Waals surface area contributed by atoms with Gasteiger partial charge < -0.3 is 10.6 Å². The summed E-state index contributed by atoms with van der Waals surface area (Å²) in [5, 5.41) is 6.20. The van der Waals surface area contributed by atoms with Gasteiger partial charge >= 0.3 is 0 Å². The Kier molecular flexibility index (Phi) is 5.08. The van der Waals surface area contributed by atoms with Crippen LogP contribution in [0, 0.1) is 5.92 Å². The second-order valence-electron chi connectivity index (χ2n) is 5.35. The quantitative estimate of drug-likeness (QED) is 0.833. The molecule has 2 heterocycles. The average molecular weight is 313 g/mol. The topological polar surface area (TPSA) is 54.0 Å². The fourth-order valence-corrected chi connectivity index (χ4v) is 3.24. The number of anilines is 1. The summed E-state index contributed by atoms with van der Waals surface area (Å²) in [6.07, 6.45) is 4.59. The normalized spacial score (nSPS) is 17.4. The van der Waals surface area contributed by atoms with Crippen molar-refractivity contribution >= 4 is 23.4 Å². The lowest BCUT2D eigenvalue weighted by Gasteiger charge is -2.10. The lowest BCUT2D eigenvalue weighted by molar-refractivity contribution is -0.119.